The van der Waals surface area contributed by atoms with Gasteiger partial charge < -0.3 is 14.2 Å². The fraction of sp³-hybridized carbons (Fsp3) is 0.533. The smallest absolute Gasteiger partial charge is 0.170 e. The lowest BCUT2D eigenvalue weighted by atomic mass is 9.93. The second-order valence-corrected chi connectivity index (χ2v) is 5.84. The van der Waals surface area contributed by atoms with Crippen LogP contribution in [0.4, 0.5) is 0 Å². The van der Waals surface area contributed by atoms with Gasteiger partial charge in [-0.05, 0) is 19.9 Å². The average Bonchev–Trinajstić information content (AvgIpc) is 2.35. The van der Waals surface area contributed by atoms with E-state index >= 15 is 0 Å². The third-order valence-electron chi connectivity index (χ3n) is 3.06. The maximum absolute atomic E-state index is 12.1. The lowest BCUT2D eigenvalue weighted by molar-refractivity contribution is 0.0618. The van der Waals surface area contributed by atoms with Crippen molar-refractivity contribution in [2.75, 3.05) is 20.3 Å². The second kappa shape index (κ2) is 6.02. The first-order valence-electron chi connectivity index (χ1n) is 6.60. The Morgan fingerprint density at radius 3 is 2.80 bits per heavy atom. The monoisotopic (exact) mass is 298 g/mol. The molecule has 0 aliphatic carbocycles. The predicted octanol–water partition coefficient (Wildman–Crippen LogP) is 3.50. The van der Waals surface area contributed by atoms with Crippen molar-refractivity contribution in [3.8, 4) is 11.5 Å². The zero-order chi connectivity index (χ0) is 14.8. The molecule has 0 bridgehead atoms. The molecule has 20 heavy (non-hydrogen) atoms. The minimum atomic E-state index is -0.495. The summed E-state index contributed by atoms with van der Waals surface area (Å²) in [5.41, 5.74) is 0.0316. The van der Waals surface area contributed by atoms with Gasteiger partial charge >= 0.3 is 0 Å². The van der Waals surface area contributed by atoms with Crippen molar-refractivity contribution in [1.82, 2.24) is 0 Å². The zero-order valence-corrected chi connectivity index (χ0v) is 12.8. The Kier molecular flexibility index (Phi) is 4.55. The van der Waals surface area contributed by atoms with Crippen molar-refractivity contribution in [2.24, 2.45) is 0 Å². The van der Waals surface area contributed by atoms with Gasteiger partial charge in [0, 0.05) is 26.2 Å². The van der Waals surface area contributed by atoms with Gasteiger partial charge in [0.15, 0.2) is 5.78 Å². The SMILES string of the molecule is COCCCOc1cc2c(cc1Cl)C(=O)CC(C)(C)O2. The molecule has 0 saturated carbocycles. The maximum Gasteiger partial charge on any atom is 0.170 e. The second-order valence-electron chi connectivity index (χ2n) is 5.44. The highest BCUT2D eigenvalue weighted by atomic mass is 35.5. The van der Waals surface area contributed by atoms with Gasteiger partial charge in [-0.1, -0.05) is 11.6 Å². The van der Waals surface area contributed by atoms with E-state index < -0.39 is 5.60 Å². The molecule has 1 aliphatic rings. The molecule has 1 aromatic carbocycles. The highest BCUT2D eigenvalue weighted by Crippen LogP contribution is 2.39. The van der Waals surface area contributed by atoms with Crippen molar-refractivity contribution in [1.29, 1.82) is 0 Å². The highest BCUT2D eigenvalue weighted by Gasteiger charge is 2.33. The number of carbonyl (C=O) groups excluding carboxylic acids is 1. The van der Waals surface area contributed by atoms with Gasteiger partial charge in [0.1, 0.15) is 17.1 Å². The molecule has 4 nitrogen and oxygen atoms in total. The van der Waals surface area contributed by atoms with E-state index in [0.717, 1.165) is 6.42 Å². The summed E-state index contributed by atoms with van der Waals surface area (Å²) in [5, 5.41) is 0.429. The van der Waals surface area contributed by atoms with Crippen LogP contribution >= 0.6 is 11.6 Å². The van der Waals surface area contributed by atoms with Gasteiger partial charge in [0.25, 0.3) is 0 Å². The van der Waals surface area contributed by atoms with E-state index in [4.69, 9.17) is 25.8 Å². The number of methoxy groups -OCH3 is 1. The van der Waals surface area contributed by atoms with E-state index in [-0.39, 0.29) is 5.78 Å². The number of benzene rings is 1. The van der Waals surface area contributed by atoms with E-state index in [1.54, 1.807) is 19.2 Å². The number of carbonyl (C=O) groups is 1. The fourth-order valence-corrected chi connectivity index (χ4v) is 2.37. The zero-order valence-electron chi connectivity index (χ0n) is 12.0. The van der Waals surface area contributed by atoms with Crippen molar-refractivity contribution < 1.29 is 19.0 Å². The summed E-state index contributed by atoms with van der Waals surface area (Å²) >= 11 is 6.15. The lowest BCUT2D eigenvalue weighted by Gasteiger charge is -2.31. The molecule has 1 aromatic rings. The third kappa shape index (κ3) is 3.44. The van der Waals surface area contributed by atoms with E-state index in [1.165, 1.54) is 0 Å². The summed E-state index contributed by atoms with van der Waals surface area (Å²) in [5.74, 6) is 1.12. The molecule has 0 amide bonds. The fourth-order valence-electron chi connectivity index (χ4n) is 2.15. The van der Waals surface area contributed by atoms with Crippen molar-refractivity contribution in [3.63, 3.8) is 0 Å². The van der Waals surface area contributed by atoms with Crippen LogP contribution in [-0.2, 0) is 4.74 Å². The van der Waals surface area contributed by atoms with Gasteiger partial charge in [0.2, 0.25) is 0 Å². The minimum Gasteiger partial charge on any atom is -0.492 e. The summed E-state index contributed by atoms with van der Waals surface area (Å²) < 4.78 is 16.4. The van der Waals surface area contributed by atoms with Crippen LogP contribution in [0.3, 0.4) is 0 Å². The average molecular weight is 299 g/mol. The van der Waals surface area contributed by atoms with Crippen molar-refractivity contribution >= 4 is 17.4 Å². The molecule has 0 radical (unpaired) electrons. The van der Waals surface area contributed by atoms with Gasteiger partial charge in [-0.2, -0.15) is 0 Å². The Bertz CT molecular complexity index is 511. The van der Waals surface area contributed by atoms with E-state index in [9.17, 15) is 4.79 Å². The largest absolute Gasteiger partial charge is 0.492 e. The molecule has 5 heteroatoms. The van der Waals surface area contributed by atoms with Gasteiger partial charge in [-0.3, -0.25) is 4.79 Å². The number of hydrogen-bond donors (Lipinski definition) is 0. The Morgan fingerprint density at radius 2 is 2.10 bits per heavy atom. The molecule has 0 saturated heterocycles. The van der Waals surface area contributed by atoms with Gasteiger partial charge in [-0.25, -0.2) is 0 Å². The van der Waals surface area contributed by atoms with Crippen LogP contribution in [0.5, 0.6) is 11.5 Å². The van der Waals surface area contributed by atoms with Crippen LogP contribution in [0.25, 0.3) is 0 Å². The number of ketones is 1. The molecular formula is C15H19ClO4. The quantitative estimate of drug-likeness (QED) is 0.781. The Hall–Kier alpha value is -1.26. The topological polar surface area (TPSA) is 44.8 Å². The molecule has 0 N–H and O–H groups in total. The molecule has 1 heterocycles. The number of fused-ring (bicyclic) bond motifs is 1. The first kappa shape index (κ1) is 15.1. The number of Topliss-reactive ketones (excluding diaryl/α,β-unsaturated/α-hetero) is 1. The number of ether oxygens (including phenoxy) is 3. The third-order valence-corrected chi connectivity index (χ3v) is 3.35. The van der Waals surface area contributed by atoms with Gasteiger partial charge in [0.05, 0.1) is 23.6 Å². The lowest BCUT2D eigenvalue weighted by Crippen LogP contribution is -2.35. The molecule has 0 fully saturated rings. The molecule has 0 spiro atoms. The van der Waals surface area contributed by atoms with Crippen molar-refractivity contribution in [3.05, 3.63) is 22.7 Å². The van der Waals surface area contributed by atoms with Crippen LogP contribution < -0.4 is 9.47 Å². The Balaban J connectivity index is 2.18. The van der Waals surface area contributed by atoms with Crippen LogP contribution in [0.1, 0.15) is 37.0 Å². The number of hydrogen-bond acceptors (Lipinski definition) is 4. The summed E-state index contributed by atoms with van der Waals surface area (Å²) in [4.78, 5) is 12.1. The number of halogens is 1. The summed E-state index contributed by atoms with van der Waals surface area (Å²) in [6, 6.07) is 3.32. The Morgan fingerprint density at radius 1 is 1.35 bits per heavy atom. The highest BCUT2D eigenvalue weighted by molar-refractivity contribution is 6.32. The van der Waals surface area contributed by atoms with Crippen LogP contribution in [0, 0.1) is 0 Å². The summed E-state index contributed by atoms with van der Waals surface area (Å²) in [6.07, 6.45) is 1.12. The van der Waals surface area contributed by atoms with E-state index in [1.807, 2.05) is 13.8 Å². The molecule has 0 atom stereocenters. The summed E-state index contributed by atoms with van der Waals surface area (Å²) in [6.45, 7) is 4.91. The number of rotatable bonds is 5. The Labute approximate surface area is 124 Å². The first-order valence-corrected chi connectivity index (χ1v) is 6.98. The predicted molar refractivity (Wildman–Crippen MR) is 77.1 cm³/mol. The molecule has 0 unspecified atom stereocenters. The maximum atomic E-state index is 12.1. The molecule has 110 valence electrons. The van der Waals surface area contributed by atoms with E-state index in [0.29, 0.717) is 41.7 Å². The van der Waals surface area contributed by atoms with Gasteiger partial charge in [-0.15, -0.1) is 0 Å². The van der Waals surface area contributed by atoms with Crippen LogP contribution in [-0.4, -0.2) is 31.7 Å². The first-order chi connectivity index (χ1) is 9.43. The molecule has 1 aliphatic heterocycles. The summed E-state index contributed by atoms with van der Waals surface area (Å²) in [7, 11) is 1.65. The molecule has 0 aromatic heterocycles. The minimum absolute atomic E-state index is 0.0454. The standard InChI is InChI=1S/C15H19ClO4/c1-15(2)9-12(17)10-7-11(16)14(8-13(10)20-15)19-6-4-5-18-3/h7-8H,4-6,9H2,1-3H3. The van der Waals surface area contributed by atoms with Crippen molar-refractivity contribution in [2.45, 2.75) is 32.3 Å². The normalized spacial score (nSPS) is 16.5. The molecular weight excluding hydrogens is 280 g/mol. The van der Waals surface area contributed by atoms with Crippen LogP contribution in [0.2, 0.25) is 5.02 Å². The van der Waals surface area contributed by atoms with E-state index in [2.05, 4.69) is 0 Å². The molecule has 2 rings (SSSR count). The van der Waals surface area contributed by atoms with Crippen LogP contribution in [0.15, 0.2) is 12.1 Å².